The van der Waals surface area contributed by atoms with Crippen molar-refractivity contribution in [3.05, 3.63) is 27.3 Å². The van der Waals surface area contributed by atoms with Crippen LogP contribution in [0.1, 0.15) is 12.5 Å². The van der Waals surface area contributed by atoms with Gasteiger partial charge in [-0.05, 0) is 59.2 Å². The zero-order chi connectivity index (χ0) is 15.6. The molecule has 114 valence electrons. The van der Waals surface area contributed by atoms with E-state index in [1.807, 2.05) is 36.9 Å². The van der Waals surface area contributed by atoms with Crippen LogP contribution in [0.5, 0.6) is 0 Å². The molecule has 0 aliphatic carbocycles. The van der Waals surface area contributed by atoms with Gasteiger partial charge in [0.05, 0.1) is 12.5 Å². The van der Waals surface area contributed by atoms with Crippen molar-refractivity contribution in [3.63, 3.8) is 0 Å². The molecule has 1 fully saturated rings. The first kappa shape index (κ1) is 16.2. The predicted molar refractivity (Wildman–Crippen MR) is 89.3 cm³/mol. The molecule has 1 heterocycles. The molecule has 0 spiro atoms. The number of amides is 1. The summed E-state index contributed by atoms with van der Waals surface area (Å²) in [7, 11) is 0. The van der Waals surface area contributed by atoms with Crippen LogP contribution in [0.15, 0.2) is 18.2 Å². The molecule has 6 heteroatoms. The summed E-state index contributed by atoms with van der Waals surface area (Å²) in [6.07, 6.45) is 0. The number of hydrogen-bond donors (Lipinski definition) is 2. The molecule has 1 aromatic carbocycles. The van der Waals surface area contributed by atoms with Crippen molar-refractivity contribution < 1.29 is 14.7 Å². The lowest BCUT2D eigenvalue weighted by Gasteiger charge is -2.15. The molecular formula is C15H19IN2O3. The third kappa shape index (κ3) is 4.16. The first-order valence-corrected chi connectivity index (χ1v) is 7.96. The summed E-state index contributed by atoms with van der Waals surface area (Å²) in [5, 5.41) is 12.0. The normalized spacial score (nSPS) is 22.2. The number of likely N-dealkylation sites (tertiary alicyclic amines) is 1. The minimum absolute atomic E-state index is 0.0790. The van der Waals surface area contributed by atoms with Gasteiger partial charge in [0.2, 0.25) is 5.91 Å². The Bertz CT molecular complexity index is 562. The molecule has 1 aliphatic heterocycles. The lowest BCUT2D eigenvalue weighted by Crippen LogP contribution is -2.32. The van der Waals surface area contributed by atoms with Crippen LogP contribution in [0.4, 0.5) is 5.69 Å². The molecule has 5 nitrogen and oxygen atoms in total. The monoisotopic (exact) mass is 402 g/mol. The second-order valence-corrected chi connectivity index (χ2v) is 6.87. The zero-order valence-corrected chi connectivity index (χ0v) is 14.3. The van der Waals surface area contributed by atoms with Crippen molar-refractivity contribution in [1.82, 2.24) is 4.90 Å². The fraction of sp³-hybridized carbons (Fsp3) is 0.467. The topological polar surface area (TPSA) is 69.6 Å². The van der Waals surface area contributed by atoms with E-state index in [4.69, 9.17) is 5.11 Å². The minimum Gasteiger partial charge on any atom is -0.481 e. The van der Waals surface area contributed by atoms with E-state index >= 15 is 0 Å². The summed E-state index contributed by atoms with van der Waals surface area (Å²) in [6, 6.07) is 5.85. The van der Waals surface area contributed by atoms with E-state index in [9.17, 15) is 9.59 Å². The van der Waals surface area contributed by atoms with Gasteiger partial charge in [-0.1, -0.05) is 6.92 Å². The van der Waals surface area contributed by atoms with Crippen LogP contribution in [0.25, 0.3) is 0 Å². The van der Waals surface area contributed by atoms with Gasteiger partial charge in [-0.3, -0.25) is 14.5 Å². The Kier molecular flexibility index (Phi) is 5.21. The third-order valence-corrected chi connectivity index (χ3v) is 4.51. The third-order valence-electron chi connectivity index (χ3n) is 3.83. The van der Waals surface area contributed by atoms with Gasteiger partial charge in [0.1, 0.15) is 0 Å². The molecule has 21 heavy (non-hydrogen) atoms. The lowest BCUT2D eigenvalue weighted by atomic mass is 9.99. The maximum atomic E-state index is 12.1. The Labute approximate surface area is 137 Å². The molecule has 0 radical (unpaired) electrons. The highest BCUT2D eigenvalue weighted by molar-refractivity contribution is 14.1. The average Bonchev–Trinajstić information content (AvgIpc) is 2.74. The summed E-state index contributed by atoms with van der Waals surface area (Å²) in [5.74, 6) is -1.18. The number of carbonyl (C=O) groups is 2. The molecule has 0 unspecified atom stereocenters. The largest absolute Gasteiger partial charge is 0.481 e. The Hall–Kier alpha value is -1.15. The Morgan fingerprint density at radius 2 is 2.14 bits per heavy atom. The number of rotatable bonds is 4. The van der Waals surface area contributed by atoms with Crippen LogP contribution in [0.3, 0.4) is 0 Å². The van der Waals surface area contributed by atoms with Crippen LogP contribution in [0, 0.1) is 22.3 Å². The minimum atomic E-state index is -0.779. The van der Waals surface area contributed by atoms with Crippen molar-refractivity contribution in [2.45, 2.75) is 13.8 Å². The Balaban J connectivity index is 1.92. The highest BCUT2D eigenvalue weighted by Gasteiger charge is 2.35. The number of aryl methyl sites for hydroxylation is 1. The summed E-state index contributed by atoms with van der Waals surface area (Å²) < 4.78 is 1.13. The number of aliphatic carboxylic acids is 1. The SMILES string of the molecule is Cc1cc(I)ccc1NC(=O)CN1C[C@@H](C)[C@H](C(=O)O)C1. The second kappa shape index (κ2) is 6.74. The quantitative estimate of drug-likeness (QED) is 0.758. The molecule has 2 N–H and O–H groups in total. The summed E-state index contributed by atoms with van der Waals surface area (Å²) in [4.78, 5) is 25.1. The van der Waals surface area contributed by atoms with E-state index in [2.05, 4.69) is 27.9 Å². The summed E-state index contributed by atoms with van der Waals surface area (Å²) in [6.45, 7) is 5.20. The molecular weight excluding hydrogens is 383 g/mol. The van der Waals surface area contributed by atoms with E-state index in [1.54, 1.807) is 0 Å². The van der Waals surface area contributed by atoms with E-state index < -0.39 is 5.97 Å². The maximum absolute atomic E-state index is 12.1. The zero-order valence-electron chi connectivity index (χ0n) is 12.1. The molecule has 1 saturated heterocycles. The average molecular weight is 402 g/mol. The van der Waals surface area contributed by atoms with Crippen LogP contribution in [-0.2, 0) is 9.59 Å². The van der Waals surface area contributed by atoms with Gasteiger partial charge >= 0.3 is 5.97 Å². The van der Waals surface area contributed by atoms with Crippen LogP contribution < -0.4 is 5.32 Å². The van der Waals surface area contributed by atoms with Crippen molar-refractivity contribution >= 4 is 40.2 Å². The summed E-state index contributed by atoms with van der Waals surface area (Å²) in [5.41, 5.74) is 1.83. The fourth-order valence-corrected chi connectivity index (χ4v) is 3.32. The molecule has 0 saturated carbocycles. The fourth-order valence-electron chi connectivity index (χ4n) is 2.68. The molecule has 0 aromatic heterocycles. The lowest BCUT2D eigenvalue weighted by molar-refractivity contribution is -0.142. The second-order valence-electron chi connectivity index (χ2n) is 5.62. The van der Waals surface area contributed by atoms with E-state index in [0.29, 0.717) is 13.1 Å². The van der Waals surface area contributed by atoms with Crippen molar-refractivity contribution in [3.8, 4) is 0 Å². The van der Waals surface area contributed by atoms with Crippen LogP contribution in [0.2, 0.25) is 0 Å². The standard InChI is InChI=1S/C15H19IN2O3/c1-9-5-11(16)3-4-13(9)17-14(19)8-18-6-10(2)12(7-18)15(20)21/h3-5,10,12H,6-8H2,1-2H3,(H,17,19)(H,20,21)/t10-,12-/m1/s1. The van der Waals surface area contributed by atoms with Gasteiger partial charge in [-0.15, -0.1) is 0 Å². The van der Waals surface area contributed by atoms with Gasteiger partial charge < -0.3 is 10.4 Å². The van der Waals surface area contributed by atoms with Gasteiger partial charge in [-0.2, -0.15) is 0 Å². The molecule has 1 aliphatic rings. The summed E-state index contributed by atoms with van der Waals surface area (Å²) >= 11 is 2.23. The van der Waals surface area contributed by atoms with Gasteiger partial charge in [0, 0.05) is 22.3 Å². The van der Waals surface area contributed by atoms with Crippen molar-refractivity contribution in [2.24, 2.45) is 11.8 Å². The highest BCUT2D eigenvalue weighted by atomic mass is 127. The van der Waals surface area contributed by atoms with Gasteiger partial charge in [0.15, 0.2) is 0 Å². The number of nitrogens with zero attached hydrogens (tertiary/aromatic N) is 1. The number of carboxylic acid groups (broad SMARTS) is 1. The molecule has 1 aromatic rings. The van der Waals surface area contributed by atoms with Crippen LogP contribution >= 0.6 is 22.6 Å². The number of benzene rings is 1. The van der Waals surface area contributed by atoms with Gasteiger partial charge in [-0.25, -0.2) is 0 Å². The number of hydrogen-bond acceptors (Lipinski definition) is 3. The molecule has 0 bridgehead atoms. The Morgan fingerprint density at radius 1 is 1.43 bits per heavy atom. The number of carboxylic acids is 1. The van der Waals surface area contributed by atoms with Gasteiger partial charge in [0.25, 0.3) is 0 Å². The first-order chi connectivity index (χ1) is 9.86. The Morgan fingerprint density at radius 3 is 2.71 bits per heavy atom. The molecule has 2 rings (SSSR count). The van der Waals surface area contributed by atoms with E-state index in [0.717, 1.165) is 14.8 Å². The smallest absolute Gasteiger partial charge is 0.308 e. The number of anilines is 1. The van der Waals surface area contributed by atoms with Crippen molar-refractivity contribution in [1.29, 1.82) is 0 Å². The molecule has 1 amide bonds. The predicted octanol–water partition coefficient (Wildman–Crippen LogP) is 2.19. The maximum Gasteiger partial charge on any atom is 0.308 e. The molecule has 2 atom stereocenters. The highest BCUT2D eigenvalue weighted by Crippen LogP contribution is 2.23. The van der Waals surface area contributed by atoms with E-state index in [-0.39, 0.29) is 24.3 Å². The van der Waals surface area contributed by atoms with Crippen LogP contribution in [-0.4, -0.2) is 41.5 Å². The number of carbonyl (C=O) groups excluding carboxylic acids is 1. The van der Waals surface area contributed by atoms with E-state index in [1.165, 1.54) is 0 Å². The first-order valence-electron chi connectivity index (χ1n) is 6.88. The number of halogens is 1. The number of nitrogens with one attached hydrogen (secondary N) is 1. The van der Waals surface area contributed by atoms with Crippen molar-refractivity contribution in [2.75, 3.05) is 25.0 Å².